The predicted molar refractivity (Wildman–Crippen MR) is 117 cm³/mol. The Labute approximate surface area is 175 Å². The topological polar surface area (TPSA) is 74.2 Å². The lowest BCUT2D eigenvalue weighted by Gasteiger charge is -2.39. The first-order chi connectivity index (χ1) is 13.7. The molecule has 8 heteroatoms. The van der Waals surface area contributed by atoms with Crippen LogP contribution in [0.15, 0.2) is 29.3 Å². The molecule has 0 saturated carbocycles. The van der Waals surface area contributed by atoms with Crippen molar-refractivity contribution in [1.82, 2.24) is 15.1 Å². The molecule has 1 aromatic rings. The summed E-state index contributed by atoms with van der Waals surface area (Å²) in [6.45, 7) is 10.9. The van der Waals surface area contributed by atoms with E-state index in [0.717, 1.165) is 32.2 Å². The van der Waals surface area contributed by atoms with Gasteiger partial charge in [-0.1, -0.05) is 24.3 Å². The van der Waals surface area contributed by atoms with Crippen LogP contribution in [-0.2, 0) is 27.7 Å². The molecule has 0 aliphatic carbocycles. The molecule has 3 rings (SSSR count). The normalized spacial score (nSPS) is 25.0. The van der Waals surface area contributed by atoms with Gasteiger partial charge in [0.1, 0.15) is 0 Å². The fourth-order valence-electron chi connectivity index (χ4n) is 3.97. The van der Waals surface area contributed by atoms with Crippen molar-refractivity contribution in [3.63, 3.8) is 0 Å². The summed E-state index contributed by atoms with van der Waals surface area (Å²) in [5, 5.41) is 3.41. The van der Waals surface area contributed by atoms with Crippen molar-refractivity contribution in [3.05, 3.63) is 35.4 Å². The molecule has 2 aliphatic rings. The van der Waals surface area contributed by atoms with Crippen LogP contribution in [0.3, 0.4) is 0 Å². The highest BCUT2D eigenvalue weighted by Gasteiger charge is 2.40. The number of nitrogens with zero attached hydrogens (tertiary/aromatic N) is 3. The smallest absolute Gasteiger partial charge is 0.193 e. The fourth-order valence-corrected chi connectivity index (χ4v) is 5.33. The summed E-state index contributed by atoms with van der Waals surface area (Å²) < 4.78 is 29.4. The summed E-state index contributed by atoms with van der Waals surface area (Å²) >= 11 is 0. The molecule has 0 spiro atoms. The molecule has 1 atom stereocenters. The summed E-state index contributed by atoms with van der Waals surface area (Å²) in [4.78, 5) is 8.85. The van der Waals surface area contributed by atoms with Crippen molar-refractivity contribution >= 4 is 15.8 Å². The first-order valence-corrected chi connectivity index (χ1v) is 11.9. The fraction of sp³-hybridized carbons (Fsp3) is 0.667. The van der Waals surface area contributed by atoms with Crippen molar-refractivity contribution in [2.75, 3.05) is 45.6 Å². The van der Waals surface area contributed by atoms with E-state index in [0.29, 0.717) is 19.6 Å². The van der Waals surface area contributed by atoms with Gasteiger partial charge in [-0.05, 0) is 31.9 Å². The van der Waals surface area contributed by atoms with Crippen LogP contribution in [0.1, 0.15) is 31.9 Å². The molecule has 1 unspecified atom stereocenters. The van der Waals surface area contributed by atoms with Crippen LogP contribution in [0.25, 0.3) is 0 Å². The molecule has 2 aliphatic heterocycles. The minimum Gasteiger partial charge on any atom is -0.376 e. The maximum atomic E-state index is 12.3. The molecular formula is C21H34N4O3S. The largest absolute Gasteiger partial charge is 0.376 e. The van der Waals surface area contributed by atoms with E-state index in [4.69, 9.17) is 4.74 Å². The first-order valence-electron chi connectivity index (χ1n) is 10.3. The second kappa shape index (κ2) is 9.02. The van der Waals surface area contributed by atoms with Gasteiger partial charge in [0.15, 0.2) is 15.8 Å². The SMILES string of the molecule is CN=C(NCc1cccc(CN2CCOC(C)C2)c1)N1CCS(=O)(=O)C(C)(C)C1. The van der Waals surface area contributed by atoms with Gasteiger partial charge in [-0.15, -0.1) is 0 Å². The molecular weight excluding hydrogens is 388 g/mol. The summed E-state index contributed by atoms with van der Waals surface area (Å²) in [7, 11) is -1.32. The maximum Gasteiger partial charge on any atom is 0.193 e. The molecule has 29 heavy (non-hydrogen) atoms. The van der Waals surface area contributed by atoms with E-state index in [9.17, 15) is 8.42 Å². The molecule has 0 radical (unpaired) electrons. The number of sulfone groups is 1. The molecule has 162 valence electrons. The molecule has 7 nitrogen and oxygen atoms in total. The van der Waals surface area contributed by atoms with E-state index in [1.807, 2.05) is 4.90 Å². The third-order valence-electron chi connectivity index (χ3n) is 5.73. The summed E-state index contributed by atoms with van der Waals surface area (Å²) in [5.74, 6) is 0.911. The van der Waals surface area contributed by atoms with Gasteiger partial charge in [0, 0.05) is 46.3 Å². The third-order valence-corrected chi connectivity index (χ3v) is 8.26. The lowest BCUT2D eigenvalue weighted by molar-refractivity contribution is -0.0212. The van der Waals surface area contributed by atoms with Gasteiger partial charge in [0.25, 0.3) is 0 Å². The number of hydrogen-bond acceptors (Lipinski definition) is 5. The van der Waals surface area contributed by atoms with Crippen molar-refractivity contribution in [3.8, 4) is 0 Å². The van der Waals surface area contributed by atoms with Crippen molar-refractivity contribution in [2.45, 2.75) is 44.7 Å². The molecule has 1 aromatic carbocycles. The quantitative estimate of drug-likeness (QED) is 0.585. The number of ether oxygens (including phenoxy) is 1. The van der Waals surface area contributed by atoms with Gasteiger partial charge in [-0.3, -0.25) is 9.89 Å². The molecule has 2 fully saturated rings. The Morgan fingerprint density at radius 2 is 2.07 bits per heavy atom. The van der Waals surface area contributed by atoms with E-state index >= 15 is 0 Å². The van der Waals surface area contributed by atoms with Gasteiger partial charge in [0.2, 0.25) is 0 Å². The summed E-state index contributed by atoms with van der Waals surface area (Å²) in [6, 6.07) is 8.59. The van der Waals surface area contributed by atoms with Gasteiger partial charge < -0.3 is 15.0 Å². The number of guanidine groups is 1. The Morgan fingerprint density at radius 1 is 1.31 bits per heavy atom. The van der Waals surface area contributed by atoms with Crippen molar-refractivity contribution < 1.29 is 13.2 Å². The summed E-state index contributed by atoms with van der Waals surface area (Å²) in [6.07, 6.45) is 0.287. The molecule has 1 N–H and O–H groups in total. The van der Waals surface area contributed by atoms with Crippen LogP contribution in [0.5, 0.6) is 0 Å². The van der Waals surface area contributed by atoms with Crippen LogP contribution in [-0.4, -0.2) is 80.6 Å². The first kappa shape index (κ1) is 22.1. The molecule has 2 saturated heterocycles. The van der Waals surface area contributed by atoms with Crippen LogP contribution < -0.4 is 5.32 Å². The van der Waals surface area contributed by atoms with E-state index in [-0.39, 0.29) is 11.9 Å². The minimum atomic E-state index is -3.06. The Bertz CT molecular complexity index is 838. The number of morpholine rings is 1. The molecule has 2 heterocycles. The Balaban J connectivity index is 1.59. The van der Waals surface area contributed by atoms with Crippen molar-refractivity contribution in [2.24, 2.45) is 4.99 Å². The van der Waals surface area contributed by atoms with Crippen LogP contribution >= 0.6 is 0 Å². The second-order valence-corrected chi connectivity index (χ2v) is 11.4. The van der Waals surface area contributed by atoms with Gasteiger partial charge >= 0.3 is 0 Å². The van der Waals surface area contributed by atoms with Crippen LogP contribution in [0.4, 0.5) is 0 Å². The van der Waals surface area contributed by atoms with Gasteiger partial charge in [0.05, 0.1) is 23.2 Å². The minimum absolute atomic E-state index is 0.161. The number of nitrogens with one attached hydrogen (secondary N) is 1. The second-order valence-electron chi connectivity index (χ2n) is 8.64. The van der Waals surface area contributed by atoms with Crippen LogP contribution in [0.2, 0.25) is 0 Å². The molecule has 0 aromatic heterocycles. The Morgan fingerprint density at radius 3 is 2.76 bits per heavy atom. The van der Waals surface area contributed by atoms with Gasteiger partial charge in [-0.25, -0.2) is 8.42 Å². The highest BCUT2D eigenvalue weighted by atomic mass is 32.2. The zero-order valence-electron chi connectivity index (χ0n) is 18.0. The van der Waals surface area contributed by atoms with E-state index in [1.165, 1.54) is 11.1 Å². The number of benzene rings is 1. The number of rotatable bonds is 4. The lowest BCUT2D eigenvalue weighted by Crippen LogP contribution is -2.57. The third kappa shape index (κ3) is 5.49. The number of hydrogen-bond donors (Lipinski definition) is 1. The Hall–Kier alpha value is -1.64. The average molecular weight is 423 g/mol. The van der Waals surface area contributed by atoms with E-state index < -0.39 is 14.6 Å². The van der Waals surface area contributed by atoms with E-state index in [1.54, 1.807) is 20.9 Å². The van der Waals surface area contributed by atoms with Crippen molar-refractivity contribution in [1.29, 1.82) is 0 Å². The lowest BCUT2D eigenvalue weighted by atomic mass is 10.1. The Kier molecular flexibility index (Phi) is 6.86. The number of aliphatic imine (C=N–C) groups is 1. The molecule has 0 bridgehead atoms. The van der Waals surface area contributed by atoms with Crippen LogP contribution in [0, 0.1) is 0 Å². The monoisotopic (exact) mass is 422 g/mol. The molecule has 0 amide bonds. The van der Waals surface area contributed by atoms with E-state index in [2.05, 4.69) is 46.4 Å². The predicted octanol–water partition coefficient (Wildman–Crippen LogP) is 1.49. The standard InChI is InChI=1S/C21H34N4O3S/c1-17-14-24(8-10-28-17)15-19-7-5-6-18(12-19)13-23-20(22-4)25-9-11-29(26,27)21(2,3)16-25/h5-7,12,17H,8-11,13-16H2,1-4H3,(H,22,23). The van der Waals surface area contributed by atoms with Gasteiger partial charge in [-0.2, -0.15) is 0 Å². The maximum absolute atomic E-state index is 12.3. The highest BCUT2D eigenvalue weighted by molar-refractivity contribution is 7.92. The average Bonchev–Trinajstić information content (AvgIpc) is 2.65. The summed E-state index contributed by atoms with van der Waals surface area (Å²) in [5.41, 5.74) is 2.48. The highest BCUT2D eigenvalue weighted by Crippen LogP contribution is 2.23. The zero-order chi connectivity index (χ0) is 21.1. The zero-order valence-corrected chi connectivity index (χ0v) is 18.8.